The highest BCUT2D eigenvalue weighted by Gasteiger charge is 2.26. The molecule has 0 heterocycles. The Morgan fingerprint density at radius 1 is 0.538 bits per heavy atom. The molecule has 0 N–H and O–H groups in total. The van der Waals surface area contributed by atoms with Crippen molar-refractivity contribution in [3.63, 3.8) is 0 Å². The molecule has 0 aromatic heterocycles. The first-order valence-corrected chi connectivity index (χ1v) is 9.25. The molecule has 0 radical (unpaired) electrons. The molecule has 0 saturated carbocycles. The summed E-state index contributed by atoms with van der Waals surface area (Å²) in [4.78, 5) is 0. The molecular weight excluding hydrogens is 172 g/mol. The van der Waals surface area contributed by atoms with E-state index in [-0.39, 0.29) is 0 Å². The van der Waals surface area contributed by atoms with Gasteiger partial charge in [0.2, 0.25) is 0 Å². The monoisotopic (exact) mass is 202 g/mol. The van der Waals surface area contributed by atoms with Crippen LogP contribution in [-0.4, -0.2) is 8.07 Å². The van der Waals surface area contributed by atoms with E-state index in [1.165, 1.54) is 0 Å². The smallest absolute Gasteiger partial charge is 0.0411 e. The summed E-state index contributed by atoms with van der Waals surface area (Å²) in [6.07, 6.45) is 0. The second-order valence-electron chi connectivity index (χ2n) is 7.50. The Bertz CT molecular complexity index is 109. The first-order valence-electron chi connectivity index (χ1n) is 5.25. The zero-order valence-electron chi connectivity index (χ0n) is 11.5. The van der Waals surface area contributed by atoms with Crippen LogP contribution in [0.2, 0.25) is 26.2 Å². The second-order valence-corrected chi connectivity index (χ2v) is 13.5. The normalized spacial score (nSPS) is 13.4. The molecule has 1 heteroatoms. The Kier molecular flexibility index (Phi) is 5.59. The molecule has 0 rings (SSSR count). The van der Waals surface area contributed by atoms with Crippen LogP contribution in [0, 0.1) is 10.8 Å². The van der Waals surface area contributed by atoms with Gasteiger partial charge in [-0.3, -0.25) is 0 Å². The average Bonchev–Trinajstić information content (AvgIpc) is 1.50. The molecule has 13 heavy (non-hydrogen) atoms. The van der Waals surface area contributed by atoms with Crippen LogP contribution in [0.1, 0.15) is 41.5 Å². The minimum atomic E-state index is -0.611. The van der Waals surface area contributed by atoms with Crippen molar-refractivity contribution in [2.75, 3.05) is 0 Å². The molecule has 0 fully saturated rings. The summed E-state index contributed by atoms with van der Waals surface area (Å²) in [6.45, 7) is 22.9. The first-order chi connectivity index (χ1) is 5.25. The Hall–Kier alpha value is 0.217. The fourth-order valence-corrected chi connectivity index (χ4v) is 0. The van der Waals surface area contributed by atoms with Gasteiger partial charge in [0, 0.05) is 8.07 Å². The molecule has 0 aliphatic carbocycles. The third-order valence-electron chi connectivity index (χ3n) is 2.25. The molecule has 0 atom stereocenters. The van der Waals surface area contributed by atoms with Crippen molar-refractivity contribution in [2.24, 2.45) is 10.8 Å². The average molecular weight is 202 g/mol. The Balaban J connectivity index is 0. The quantitative estimate of drug-likeness (QED) is 0.483. The summed E-state index contributed by atoms with van der Waals surface area (Å²) in [6, 6.07) is 0. The Morgan fingerprint density at radius 3 is 0.615 bits per heavy atom. The van der Waals surface area contributed by atoms with E-state index in [0.29, 0.717) is 10.8 Å². The van der Waals surface area contributed by atoms with Crippen LogP contribution in [-0.2, 0) is 0 Å². The molecule has 0 aromatic carbocycles. The van der Waals surface area contributed by atoms with E-state index < -0.39 is 8.07 Å². The largest absolute Gasteiger partial charge is 0.0697 e. The van der Waals surface area contributed by atoms with Crippen LogP contribution >= 0.6 is 0 Å². The molecule has 0 aromatic rings. The van der Waals surface area contributed by atoms with Gasteiger partial charge in [0.15, 0.2) is 0 Å². The predicted molar refractivity (Wildman–Crippen MR) is 68.1 cm³/mol. The highest BCUT2D eigenvalue weighted by molar-refractivity contribution is 6.74. The summed E-state index contributed by atoms with van der Waals surface area (Å²) >= 11 is 0. The van der Waals surface area contributed by atoms with Crippen LogP contribution < -0.4 is 0 Å². The molecule has 0 aliphatic rings. The number of hydrogen-bond donors (Lipinski definition) is 0. The maximum Gasteiger partial charge on any atom is 0.0411 e. The third-order valence-corrected chi connectivity index (χ3v) is 2.25. The maximum absolute atomic E-state index is 2.33. The van der Waals surface area contributed by atoms with Crippen molar-refractivity contribution in [2.45, 2.75) is 67.7 Å². The fraction of sp³-hybridized carbons (Fsp3) is 1.00. The van der Waals surface area contributed by atoms with Crippen LogP contribution in [0.3, 0.4) is 0 Å². The molecule has 0 saturated heterocycles. The Labute approximate surface area is 87.1 Å². The number of rotatable bonds is 0. The molecule has 0 spiro atoms. The van der Waals surface area contributed by atoms with Crippen molar-refractivity contribution in [1.82, 2.24) is 0 Å². The molecule has 0 aliphatic heterocycles. The van der Waals surface area contributed by atoms with Gasteiger partial charge in [0.1, 0.15) is 0 Å². The van der Waals surface area contributed by atoms with Gasteiger partial charge < -0.3 is 0 Å². The van der Waals surface area contributed by atoms with Crippen molar-refractivity contribution >= 4 is 8.07 Å². The third kappa shape index (κ3) is 15.0. The molecule has 0 nitrogen and oxygen atoms in total. The second kappa shape index (κ2) is 4.63. The topological polar surface area (TPSA) is 0 Å². The fourth-order valence-electron chi connectivity index (χ4n) is 0. The summed E-state index contributed by atoms with van der Waals surface area (Å²) in [5.41, 5.74) is 0.875. The van der Waals surface area contributed by atoms with Gasteiger partial charge in [-0.1, -0.05) is 67.7 Å². The zero-order valence-corrected chi connectivity index (χ0v) is 12.5. The van der Waals surface area contributed by atoms with E-state index in [9.17, 15) is 0 Å². The minimum absolute atomic E-state index is 0.437. The summed E-state index contributed by atoms with van der Waals surface area (Å²) in [5.74, 6) is 0. The van der Waals surface area contributed by atoms with Crippen molar-refractivity contribution in [3.05, 3.63) is 0 Å². The molecule has 0 amide bonds. The lowest BCUT2D eigenvalue weighted by Gasteiger charge is -2.34. The summed E-state index contributed by atoms with van der Waals surface area (Å²) in [7, 11) is -0.611. The van der Waals surface area contributed by atoms with Crippen LogP contribution in [0.15, 0.2) is 0 Å². The van der Waals surface area contributed by atoms with Crippen LogP contribution in [0.25, 0.3) is 0 Å². The molecular formula is C12H30Si. The van der Waals surface area contributed by atoms with Gasteiger partial charge >= 0.3 is 0 Å². The standard InChI is InChI=1S/C8H18.C4H12Si/c1-7(2,3)8(4,5)6;1-5(2,3)4/h1-6H3;1-4H3. The van der Waals surface area contributed by atoms with Crippen molar-refractivity contribution in [3.8, 4) is 0 Å². The van der Waals surface area contributed by atoms with E-state index in [1.54, 1.807) is 0 Å². The highest BCUT2D eigenvalue weighted by Crippen LogP contribution is 2.36. The van der Waals surface area contributed by atoms with Crippen LogP contribution in [0.4, 0.5) is 0 Å². The lowest BCUT2D eigenvalue weighted by molar-refractivity contribution is 0.157. The van der Waals surface area contributed by atoms with Gasteiger partial charge in [-0.25, -0.2) is 0 Å². The van der Waals surface area contributed by atoms with Crippen molar-refractivity contribution < 1.29 is 0 Å². The predicted octanol–water partition coefficient (Wildman–Crippen LogP) is 5.03. The van der Waals surface area contributed by atoms with Crippen LogP contribution in [0.5, 0.6) is 0 Å². The summed E-state index contributed by atoms with van der Waals surface area (Å²) < 4.78 is 0. The van der Waals surface area contributed by atoms with E-state index in [0.717, 1.165) is 0 Å². The lowest BCUT2D eigenvalue weighted by Crippen LogP contribution is -2.25. The highest BCUT2D eigenvalue weighted by atomic mass is 28.3. The van der Waals surface area contributed by atoms with E-state index in [1.807, 2.05) is 0 Å². The molecule has 0 bridgehead atoms. The first kappa shape index (κ1) is 15.7. The maximum atomic E-state index is 2.33. The van der Waals surface area contributed by atoms with E-state index >= 15 is 0 Å². The van der Waals surface area contributed by atoms with E-state index in [2.05, 4.69) is 67.7 Å². The van der Waals surface area contributed by atoms with Gasteiger partial charge in [-0.2, -0.15) is 0 Å². The SMILES string of the molecule is CC(C)(C)C(C)(C)C.C[Si](C)(C)C. The van der Waals surface area contributed by atoms with E-state index in [4.69, 9.17) is 0 Å². The lowest BCUT2D eigenvalue weighted by atomic mass is 9.71. The zero-order chi connectivity index (χ0) is 11.5. The van der Waals surface area contributed by atoms with Gasteiger partial charge in [-0.05, 0) is 10.8 Å². The Morgan fingerprint density at radius 2 is 0.615 bits per heavy atom. The minimum Gasteiger partial charge on any atom is -0.0697 e. The molecule has 0 unspecified atom stereocenters. The van der Waals surface area contributed by atoms with Gasteiger partial charge in [0.05, 0.1) is 0 Å². The number of hydrogen-bond acceptors (Lipinski definition) is 0. The molecule has 82 valence electrons. The van der Waals surface area contributed by atoms with Gasteiger partial charge in [-0.15, -0.1) is 0 Å². The van der Waals surface area contributed by atoms with Gasteiger partial charge in [0.25, 0.3) is 0 Å². The van der Waals surface area contributed by atoms with Crippen molar-refractivity contribution in [1.29, 1.82) is 0 Å². The summed E-state index contributed by atoms with van der Waals surface area (Å²) in [5, 5.41) is 0.